The van der Waals surface area contributed by atoms with Crippen LogP contribution in [0.2, 0.25) is 0 Å². The molecule has 0 aliphatic carbocycles. The van der Waals surface area contributed by atoms with Gasteiger partial charge < -0.3 is 19.7 Å². The summed E-state index contributed by atoms with van der Waals surface area (Å²) in [4.78, 5) is 27.9. The van der Waals surface area contributed by atoms with Crippen LogP contribution in [0.15, 0.2) is 43.0 Å². The topological polar surface area (TPSA) is 67.9 Å². The SMILES string of the molecule is C=CC[C@H](CN1CCCCC1)[C@H](NC(=O)OCc1ccccc1)C(=O)OC(C)(C)C. The van der Waals surface area contributed by atoms with E-state index in [9.17, 15) is 9.59 Å². The summed E-state index contributed by atoms with van der Waals surface area (Å²) >= 11 is 0. The number of amides is 1. The smallest absolute Gasteiger partial charge is 0.408 e. The maximum atomic E-state index is 13.0. The Morgan fingerprint density at radius 3 is 2.43 bits per heavy atom. The number of likely N-dealkylation sites (tertiary alicyclic amines) is 1. The lowest BCUT2D eigenvalue weighted by Gasteiger charge is -2.34. The predicted molar refractivity (Wildman–Crippen MR) is 118 cm³/mol. The number of alkyl carbamates (subject to hydrolysis) is 1. The van der Waals surface area contributed by atoms with Crippen molar-refractivity contribution >= 4 is 12.1 Å². The van der Waals surface area contributed by atoms with Crippen LogP contribution in [0.5, 0.6) is 0 Å². The minimum atomic E-state index is -0.799. The molecule has 0 spiro atoms. The third-order valence-corrected chi connectivity index (χ3v) is 5.03. The number of nitrogens with zero attached hydrogens (tertiary/aromatic N) is 1. The Morgan fingerprint density at radius 2 is 1.83 bits per heavy atom. The van der Waals surface area contributed by atoms with Gasteiger partial charge in [-0.15, -0.1) is 6.58 Å². The number of piperidine rings is 1. The molecule has 0 aromatic heterocycles. The maximum absolute atomic E-state index is 13.0. The van der Waals surface area contributed by atoms with Crippen LogP contribution in [0.1, 0.15) is 52.0 Å². The largest absolute Gasteiger partial charge is 0.458 e. The summed E-state index contributed by atoms with van der Waals surface area (Å²) in [5.74, 6) is -0.581. The Bertz CT molecular complexity index is 678. The molecule has 1 aliphatic rings. The molecular formula is C24H36N2O4. The second kappa shape index (κ2) is 11.7. The van der Waals surface area contributed by atoms with E-state index in [2.05, 4.69) is 16.8 Å². The van der Waals surface area contributed by atoms with Gasteiger partial charge in [-0.25, -0.2) is 9.59 Å². The van der Waals surface area contributed by atoms with E-state index in [1.54, 1.807) is 6.08 Å². The molecule has 2 rings (SSSR count). The van der Waals surface area contributed by atoms with Crippen molar-refractivity contribution in [2.75, 3.05) is 19.6 Å². The fraction of sp³-hybridized carbons (Fsp3) is 0.583. The number of hydrogen-bond donors (Lipinski definition) is 1. The highest BCUT2D eigenvalue weighted by Gasteiger charge is 2.34. The van der Waals surface area contributed by atoms with E-state index in [0.717, 1.165) is 31.5 Å². The molecule has 1 aromatic carbocycles. The van der Waals surface area contributed by atoms with Crippen LogP contribution in [0.4, 0.5) is 4.79 Å². The Kier molecular flexibility index (Phi) is 9.37. The third kappa shape index (κ3) is 8.57. The van der Waals surface area contributed by atoms with Gasteiger partial charge in [-0.05, 0) is 58.7 Å². The van der Waals surface area contributed by atoms with Gasteiger partial charge in [0.1, 0.15) is 18.2 Å². The molecule has 1 N–H and O–H groups in total. The molecule has 166 valence electrons. The van der Waals surface area contributed by atoms with Gasteiger partial charge in [-0.1, -0.05) is 42.8 Å². The minimum absolute atomic E-state index is 0.139. The van der Waals surface area contributed by atoms with Crippen molar-refractivity contribution in [1.82, 2.24) is 10.2 Å². The molecule has 0 radical (unpaired) electrons. The first kappa shape index (κ1) is 23.9. The van der Waals surface area contributed by atoms with Crippen LogP contribution in [0, 0.1) is 5.92 Å². The molecule has 30 heavy (non-hydrogen) atoms. The summed E-state index contributed by atoms with van der Waals surface area (Å²) < 4.78 is 11.0. The number of carbonyl (C=O) groups excluding carboxylic acids is 2. The normalized spacial score (nSPS) is 16.9. The second-order valence-electron chi connectivity index (χ2n) is 8.86. The van der Waals surface area contributed by atoms with Crippen molar-refractivity contribution in [1.29, 1.82) is 0 Å². The number of esters is 1. The van der Waals surface area contributed by atoms with E-state index in [4.69, 9.17) is 9.47 Å². The Morgan fingerprint density at radius 1 is 1.17 bits per heavy atom. The molecule has 1 heterocycles. The van der Waals surface area contributed by atoms with Gasteiger partial charge in [0.15, 0.2) is 0 Å². The molecule has 1 aromatic rings. The van der Waals surface area contributed by atoms with Crippen molar-refractivity contribution in [2.45, 2.75) is 64.7 Å². The lowest BCUT2D eigenvalue weighted by Crippen LogP contribution is -2.52. The van der Waals surface area contributed by atoms with Crippen molar-refractivity contribution < 1.29 is 19.1 Å². The van der Waals surface area contributed by atoms with Gasteiger partial charge in [0, 0.05) is 12.5 Å². The predicted octanol–water partition coefficient (Wildman–Crippen LogP) is 4.30. The molecule has 6 nitrogen and oxygen atoms in total. The molecular weight excluding hydrogens is 380 g/mol. The summed E-state index contributed by atoms with van der Waals surface area (Å²) in [5, 5.41) is 2.77. The fourth-order valence-corrected chi connectivity index (χ4v) is 3.63. The van der Waals surface area contributed by atoms with E-state index in [1.165, 1.54) is 6.42 Å². The summed E-state index contributed by atoms with van der Waals surface area (Å²) in [6.45, 7) is 12.2. The van der Waals surface area contributed by atoms with Crippen LogP contribution < -0.4 is 5.32 Å². The minimum Gasteiger partial charge on any atom is -0.458 e. The van der Waals surface area contributed by atoms with Crippen molar-refractivity contribution in [2.24, 2.45) is 5.92 Å². The fourth-order valence-electron chi connectivity index (χ4n) is 3.63. The summed E-state index contributed by atoms with van der Waals surface area (Å²) in [6, 6.07) is 8.65. The van der Waals surface area contributed by atoms with Gasteiger partial charge in [-0.3, -0.25) is 0 Å². The van der Waals surface area contributed by atoms with Crippen LogP contribution >= 0.6 is 0 Å². The molecule has 6 heteroatoms. The van der Waals surface area contributed by atoms with E-state index < -0.39 is 23.7 Å². The van der Waals surface area contributed by atoms with Crippen LogP contribution in [0.3, 0.4) is 0 Å². The van der Waals surface area contributed by atoms with Gasteiger partial charge in [0.05, 0.1) is 0 Å². The highest BCUT2D eigenvalue weighted by atomic mass is 16.6. The number of hydrogen-bond acceptors (Lipinski definition) is 5. The van der Waals surface area contributed by atoms with E-state index >= 15 is 0 Å². The zero-order chi connectivity index (χ0) is 22.0. The summed E-state index contributed by atoms with van der Waals surface area (Å²) in [7, 11) is 0. The second-order valence-corrected chi connectivity index (χ2v) is 8.86. The molecule has 0 unspecified atom stereocenters. The maximum Gasteiger partial charge on any atom is 0.408 e. The number of ether oxygens (including phenoxy) is 2. The average molecular weight is 417 g/mol. The molecule has 0 bridgehead atoms. The lowest BCUT2D eigenvalue weighted by molar-refractivity contribution is -0.159. The first-order valence-corrected chi connectivity index (χ1v) is 10.8. The van der Waals surface area contributed by atoms with Crippen LogP contribution in [0.25, 0.3) is 0 Å². The number of rotatable bonds is 9. The molecule has 1 amide bonds. The highest BCUT2D eigenvalue weighted by Crippen LogP contribution is 2.20. The Labute approximate surface area is 180 Å². The van der Waals surface area contributed by atoms with E-state index in [-0.39, 0.29) is 12.5 Å². The Hall–Kier alpha value is -2.34. The van der Waals surface area contributed by atoms with Crippen molar-refractivity contribution in [3.05, 3.63) is 48.6 Å². The summed E-state index contributed by atoms with van der Waals surface area (Å²) in [6.07, 6.45) is 5.32. The van der Waals surface area contributed by atoms with Gasteiger partial charge in [0.2, 0.25) is 0 Å². The zero-order valence-corrected chi connectivity index (χ0v) is 18.6. The first-order chi connectivity index (χ1) is 14.3. The number of carbonyl (C=O) groups is 2. The first-order valence-electron chi connectivity index (χ1n) is 10.8. The number of nitrogens with one attached hydrogen (secondary N) is 1. The highest BCUT2D eigenvalue weighted by molar-refractivity contribution is 5.82. The standard InChI is InChI=1S/C24H36N2O4/c1-5-12-20(17-26-15-10-7-11-16-26)21(22(27)30-24(2,3)4)25-23(28)29-18-19-13-8-6-9-14-19/h5-6,8-9,13-14,20-21H,1,7,10-12,15-18H2,2-4H3,(H,25,28)/t20-,21+/m1/s1. The Balaban J connectivity index is 2.08. The monoisotopic (exact) mass is 416 g/mol. The van der Waals surface area contributed by atoms with Gasteiger partial charge in [-0.2, -0.15) is 0 Å². The van der Waals surface area contributed by atoms with Crippen LogP contribution in [-0.4, -0.2) is 48.2 Å². The van der Waals surface area contributed by atoms with E-state index in [1.807, 2.05) is 51.1 Å². The molecule has 1 fully saturated rings. The number of allylic oxidation sites excluding steroid dienone is 1. The third-order valence-electron chi connectivity index (χ3n) is 5.03. The molecule has 2 atom stereocenters. The van der Waals surface area contributed by atoms with Crippen molar-refractivity contribution in [3.8, 4) is 0 Å². The summed E-state index contributed by atoms with van der Waals surface area (Å²) in [5.41, 5.74) is 0.242. The van der Waals surface area contributed by atoms with Crippen molar-refractivity contribution in [3.63, 3.8) is 0 Å². The quantitative estimate of drug-likeness (QED) is 0.480. The van der Waals surface area contributed by atoms with Gasteiger partial charge >= 0.3 is 12.1 Å². The molecule has 1 aliphatic heterocycles. The zero-order valence-electron chi connectivity index (χ0n) is 18.6. The van der Waals surface area contributed by atoms with Gasteiger partial charge in [0.25, 0.3) is 0 Å². The lowest BCUT2D eigenvalue weighted by atomic mass is 9.94. The molecule has 0 saturated carbocycles. The van der Waals surface area contributed by atoms with E-state index in [0.29, 0.717) is 13.0 Å². The van der Waals surface area contributed by atoms with Crippen LogP contribution in [-0.2, 0) is 20.9 Å². The average Bonchev–Trinajstić information content (AvgIpc) is 2.70. The number of benzene rings is 1. The molecule has 1 saturated heterocycles.